The number of hydrogen-bond acceptors (Lipinski definition) is 3. The lowest BCUT2D eigenvalue weighted by atomic mass is 10.7. The summed E-state index contributed by atoms with van der Waals surface area (Å²) in [5.74, 6) is 0.606. The number of nitrogens with two attached hydrogens (primary N) is 1. The maximum Gasteiger partial charge on any atom is 0.118 e. The van der Waals surface area contributed by atoms with E-state index in [9.17, 15) is 0 Å². The molecule has 1 heterocycles. The van der Waals surface area contributed by atoms with Crippen LogP contribution in [0.5, 0.6) is 0 Å². The lowest BCUT2D eigenvalue weighted by Crippen LogP contribution is -1.81. The van der Waals surface area contributed by atoms with Crippen molar-refractivity contribution < 1.29 is 5.11 Å². The molecule has 0 amide bonds. The fraction of sp³-hybridized carbons (Fsp3) is 0.400. The largest absolute Gasteiger partial charge is 0.397 e. The number of rotatable bonds is 0. The van der Waals surface area contributed by atoms with E-state index < -0.39 is 0 Å². The zero-order valence-electron chi connectivity index (χ0n) is 5.33. The number of H-pyrrole nitrogens is 1. The van der Waals surface area contributed by atoms with Crippen LogP contribution < -0.4 is 5.73 Å². The minimum Gasteiger partial charge on any atom is -0.397 e. The molecule has 0 aliphatic rings. The van der Waals surface area contributed by atoms with Gasteiger partial charge in [0.25, 0.3) is 0 Å². The highest BCUT2D eigenvalue weighted by molar-refractivity contribution is 5.22. The van der Waals surface area contributed by atoms with Crippen LogP contribution in [0.4, 0.5) is 5.82 Å². The molecule has 1 aromatic rings. The Balaban J connectivity index is 0.000000187. The average Bonchev–Trinajstić information content (AvgIpc) is 2.20. The van der Waals surface area contributed by atoms with Crippen molar-refractivity contribution in [2.45, 2.75) is 6.92 Å². The predicted molar refractivity (Wildman–Crippen MR) is 35.8 cm³/mol. The molecule has 9 heavy (non-hydrogen) atoms. The van der Waals surface area contributed by atoms with Crippen molar-refractivity contribution in [2.75, 3.05) is 12.3 Å². The van der Waals surface area contributed by atoms with Crippen LogP contribution in [0.2, 0.25) is 0 Å². The van der Waals surface area contributed by atoms with Crippen molar-refractivity contribution in [2.24, 2.45) is 0 Å². The molecule has 0 aliphatic heterocycles. The summed E-state index contributed by atoms with van der Waals surface area (Å²) >= 11 is 0. The van der Waals surface area contributed by atoms with Gasteiger partial charge in [0.1, 0.15) is 5.82 Å². The molecule has 0 aromatic carbocycles. The fourth-order valence-electron chi connectivity index (χ4n) is 0.267. The van der Waals surface area contributed by atoms with Crippen LogP contribution in [0.25, 0.3) is 0 Å². The number of aliphatic hydroxyl groups is 1. The highest BCUT2D eigenvalue weighted by atomic mass is 16.2. The topological polar surface area (TPSA) is 74.9 Å². The van der Waals surface area contributed by atoms with Gasteiger partial charge >= 0.3 is 0 Å². The van der Waals surface area contributed by atoms with Gasteiger partial charge in [-0.25, -0.2) is 0 Å². The van der Waals surface area contributed by atoms with Gasteiger partial charge in [0.2, 0.25) is 0 Å². The third-order valence-electron chi connectivity index (χ3n) is 0.522. The molecule has 4 heteroatoms. The van der Waals surface area contributed by atoms with Crippen LogP contribution >= 0.6 is 0 Å². The lowest BCUT2D eigenvalue weighted by Gasteiger charge is -1.70. The van der Waals surface area contributed by atoms with Gasteiger partial charge in [-0.3, -0.25) is 5.10 Å². The van der Waals surface area contributed by atoms with Crippen LogP contribution in [-0.2, 0) is 0 Å². The maximum absolute atomic E-state index is 7.57. The van der Waals surface area contributed by atoms with E-state index in [0.29, 0.717) is 5.82 Å². The molecule has 52 valence electrons. The molecule has 0 saturated heterocycles. The highest BCUT2D eigenvalue weighted by Gasteiger charge is 1.74. The SMILES string of the molecule is CCO.Nc1ccn[nH]1. The lowest BCUT2D eigenvalue weighted by molar-refractivity contribution is 0.318. The molecule has 0 spiro atoms. The first-order valence-electron chi connectivity index (χ1n) is 2.67. The smallest absolute Gasteiger partial charge is 0.118 e. The van der Waals surface area contributed by atoms with E-state index in [1.165, 1.54) is 0 Å². The summed E-state index contributed by atoms with van der Waals surface area (Å²) in [6.45, 7) is 1.93. The number of hydrogen-bond donors (Lipinski definition) is 3. The predicted octanol–water partition coefficient (Wildman–Crippen LogP) is -0.00950. The zero-order valence-corrected chi connectivity index (χ0v) is 5.33. The zero-order chi connectivity index (χ0) is 7.11. The van der Waals surface area contributed by atoms with Gasteiger partial charge in [0.05, 0.1) is 6.20 Å². The fourth-order valence-corrected chi connectivity index (χ4v) is 0.267. The number of nitrogens with one attached hydrogen (secondary N) is 1. The molecule has 0 bridgehead atoms. The van der Waals surface area contributed by atoms with Crippen molar-refractivity contribution in [1.29, 1.82) is 0 Å². The molecule has 4 nitrogen and oxygen atoms in total. The van der Waals surface area contributed by atoms with E-state index in [1.807, 2.05) is 0 Å². The summed E-state index contributed by atoms with van der Waals surface area (Å²) in [5, 5.41) is 13.7. The van der Waals surface area contributed by atoms with Gasteiger partial charge < -0.3 is 10.8 Å². The Kier molecular flexibility index (Phi) is 4.53. The number of nitrogens with zero attached hydrogens (tertiary/aromatic N) is 1. The molecule has 1 aromatic heterocycles. The molecule has 0 atom stereocenters. The minimum atomic E-state index is 0.250. The van der Waals surface area contributed by atoms with Gasteiger partial charge in [0, 0.05) is 6.61 Å². The van der Waals surface area contributed by atoms with E-state index in [0.717, 1.165) is 0 Å². The Morgan fingerprint density at radius 3 is 2.56 bits per heavy atom. The quantitative estimate of drug-likeness (QED) is 0.461. The Morgan fingerprint density at radius 1 is 1.89 bits per heavy atom. The minimum absolute atomic E-state index is 0.250. The Labute approximate surface area is 53.7 Å². The number of anilines is 1. The van der Waals surface area contributed by atoms with Crippen LogP contribution in [0.15, 0.2) is 12.3 Å². The van der Waals surface area contributed by atoms with Crippen molar-refractivity contribution in [1.82, 2.24) is 10.2 Å². The van der Waals surface area contributed by atoms with Crippen LogP contribution in [0.1, 0.15) is 6.92 Å². The normalized spacial score (nSPS) is 7.78. The second-order valence-electron chi connectivity index (χ2n) is 1.33. The van der Waals surface area contributed by atoms with E-state index in [-0.39, 0.29) is 6.61 Å². The van der Waals surface area contributed by atoms with E-state index >= 15 is 0 Å². The van der Waals surface area contributed by atoms with Crippen LogP contribution in [0.3, 0.4) is 0 Å². The Hall–Kier alpha value is -1.03. The van der Waals surface area contributed by atoms with E-state index in [2.05, 4.69) is 10.2 Å². The van der Waals surface area contributed by atoms with Gasteiger partial charge in [-0.05, 0) is 13.0 Å². The number of aromatic nitrogens is 2. The van der Waals surface area contributed by atoms with Crippen molar-refractivity contribution in [3.8, 4) is 0 Å². The molecule has 0 fully saturated rings. The summed E-state index contributed by atoms with van der Waals surface area (Å²) in [6.07, 6.45) is 1.61. The first-order valence-corrected chi connectivity index (χ1v) is 2.67. The standard InChI is InChI=1S/C3H5N3.C2H6O/c4-3-1-2-5-6-3;1-2-3/h1-2H,(H3,4,5,6);3H,2H2,1H3. The summed E-state index contributed by atoms with van der Waals surface area (Å²) in [4.78, 5) is 0. The van der Waals surface area contributed by atoms with Gasteiger partial charge in [-0.1, -0.05) is 0 Å². The van der Waals surface area contributed by atoms with Gasteiger partial charge in [0.15, 0.2) is 0 Å². The van der Waals surface area contributed by atoms with E-state index in [4.69, 9.17) is 10.8 Å². The number of aromatic amines is 1. The molecule has 0 aliphatic carbocycles. The first kappa shape index (κ1) is 7.97. The third-order valence-corrected chi connectivity index (χ3v) is 0.522. The molecule has 4 N–H and O–H groups in total. The molecule has 1 rings (SSSR count). The molecule has 0 radical (unpaired) electrons. The summed E-state index contributed by atoms with van der Waals surface area (Å²) in [5.41, 5.74) is 5.16. The second kappa shape index (κ2) is 5.11. The Bertz CT molecular complexity index is 127. The van der Waals surface area contributed by atoms with Crippen molar-refractivity contribution in [3.63, 3.8) is 0 Å². The maximum atomic E-state index is 7.57. The number of nitrogen functional groups attached to an aromatic ring is 1. The van der Waals surface area contributed by atoms with Gasteiger partial charge in [-0.2, -0.15) is 5.10 Å². The van der Waals surface area contributed by atoms with Crippen molar-refractivity contribution in [3.05, 3.63) is 12.3 Å². The second-order valence-corrected chi connectivity index (χ2v) is 1.33. The molecule has 0 unspecified atom stereocenters. The molecular weight excluding hydrogens is 118 g/mol. The summed E-state index contributed by atoms with van der Waals surface area (Å²) in [7, 11) is 0. The molecular formula is C5H11N3O. The van der Waals surface area contributed by atoms with E-state index in [1.54, 1.807) is 19.2 Å². The summed E-state index contributed by atoms with van der Waals surface area (Å²) < 4.78 is 0. The average molecular weight is 129 g/mol. The Morgan fingerprint density at radius 2 is 2.44 bits per heavy atom. The summed E-state index contributed by atoms with van der Waals surface area (Å²) in [6, 6.07) is 1.69. The van der Waals surface area contributed by atoms with Crippen molar-refractivity contribution >= 4 is 5.82 Å². The monoisotopic (exact) mass is 129 g/mol. The third kappa shape index (κ3) is 4.83. The van der Waals surface area contributed by atoms with Gasteiger partial charge in [-0.15, -0.1) is 0 Å². The first-order chi connectivity index (χ1) is 4.31. The highest BCUT2D eigenvalue weighted by Crippen LogP contribution is 1.86. The van der Waals surface area contributed by atoms with Crippen LogP contribution in [0, 0.1) is 0 Å². The molecule has 0 saturated carbocycles. The van der Waals surface area contributed by atoms with Crippen LogP contribution in [-0.4, -0.2) is 21.9 Å². The number of aliphatic hydroxyl groups excluding tert-OH is 1.